The molecule has 0 aliphatic heterocycles. The molecule has 0 bridgehead atoms. The van der Waals surface area contributed by atoms with Gasteiger partial charge >= 0.3 is 0 Å². The summed E-state index contributed by atoms with van der Waals surface area (Å²) in [7, 11) is 1.77. The topological polar surface area (TPSA) is 59.6 Å². The summed E-state index contributed by atoms with van der Waals surface area (Å²) in [5, 5.41) is 5.07. The van der Waals surface area contributed by atoms with Gasteiger partial charge in [0.25, 0.3) is 0 Å². The number of hydrogen-bond donors (Lipinski definition) is 2. The van der Waals surface area contributed by atoms with Crippen molar-refractivity contribution >= 4 is 16.7 Å². The highest BCUT2D eigenvalue weighted by Crippen LogP contribution is 2.25. The van der Waals surface area contributed by atoms with Crippen LogP contribution in [-0.4, -0.2) is 14.8 Å². The smallest absolute Gasteiger partial charge is 0.147 e. The second kappa shape index (κ2) is 3.35. The van der Waals surface area contributed by atoms with Gasteiger partial charge in [-0.15, -0.1) is 0 Å². The molecule has 3 rings (SSSR count). The molecule has 0 saturated carbocycles. The first-order valence-corrected chi connectivity index (χ1v) is 5.22. The van der Waals surface area contributed by atoms with E-state index in [-0.39, 0.29) is 5.82 Å². The lowest BCUT2D eigenvalue weighted by molar-refractivity contribution is 0.637. The highest BCUT2D eigenvalue weighted by atomic mass is 19.1. The molecule has 2 heterocycles. The number of nitrogens with one attached hydrogen (secondary N) is 1. The summed E-state index contributed by atoms with van der Waals surface area (Å²) < 4.78 is 15.1. The maximum absolute atomic E-state index is 13.5. The first-order chi connectivity index (χ1) is 8.15. The fraction of sp³-hybridized carbons (Fsp3) is 0.0833. The molecule has 17 heavy (non-hydrogen) atoms. The van der Waals surface area contributed by atoms with Crippen molar-refractivity contribution in [2.45, 2.75) is 0 Å². The maximum Gasteiger partial charge on any atom is 0.147 e. The van der Waals surface area contributed by atoms with Crippen LogP contribution in [0.4, 0.5) is 10.2 Å². The minimum Gasteiger partial charge on any atom is -0.384 e. The van der Waals surface area contributed by atoms with Gasteiger partial charge in [0.05, 0.1) is 11.2 Å². The van der Waals surface area contributed by atoms with E-state index in [1.807, 2.05) is 12.1 Å². The number of nitrogens with two attached hydrogens (primary N) is 1. The molecule has 2 aromatic heterocycles. The molecule has 0 aliphatic carbocycles. The fourth-order valence-corrected chi connectivity index (χ4v) is 1.87. The molecule has 0 amide bonds. The molecule has 0 radical (unpaired) electrons. The van der Waals surface area contributed by atoms with Crippen LogP contribution in [0.25, 0.3) is 22.3 Å². The second-order valence-corrected chi connectivity index (χ2v) is 3.97. The summed E-state index contributed by atoms with van der Waals surface area (Å²) in [6, 6.07) is 8.57. The van der Waals surface area contributed by atoms with Crippen LogP contribution in [0.3, 0.4) is 0 Å². The normalized spacial score (nSPS) is 11.2. The number of fused-ring (bicyclic) bond motifs is 1. The van der Waals surface area contributed by atoms with Crippen LogP contribution in [0.15, 0.2) is 30.3 Å². The Morgan fingerprint density at radius 3 is 2.82 bits per heavy atom. The van der Waals surface area contributed by atoms with Crippen molar-refractivity contribution in [1.82, 2.24) is 14.8 Å². The van der Waals surface area contributed by atoms with Gasteiger partial charge in [-0.25, -0.2) is 4.39 Å². The molecule has 86 valence electrons. The molecule has 0 unspecified atom stereocenters. The van der Waals surface area contributed by atoms with E-state index < -0.39 is 0 Å². The number of halogens is 1. The number of rotatable bonds is 1. The van der Waals surface area contributed by atoms with E-state index >= 15 is 0 Å². The summed E-state index contributed by atoms with van der Waals surface area (Å²) in [5.74, 6) is 0.303. The van der Waals surface area contributed by atoms with E-state index in [0.717, 1.165) is 11.1 Å². The second-order valence-electron chi connectivity index (χ2n) is 3.97. The van der Waals surface area contributed by atoms with Crippen LogP contribution in [0.2, 0.25) is 0 Å². The molecule has 3 N–H and O–H groups in total. The summed E-state index contributed by atoms with van der Waals surface area (Å²) in [5.41, 5.74) is 7.68. The maximum atomic E-state index is 13.5. The van der Waals surface area contributed by atoms with E-state index in [1.54, 1.807) is 23.9 Å². The third-order valence-corrected chi connectivity index (χ3v) is 2.80. The Hall–Kier alpha value is -2.30. The highest BCUT2D eigenvalue weighted by Gasteiger charge is 2.10. The Bertz CT molecular complexity index is 676. The number of para-hydroxylation sites is 1. The summed E-state index contributed by atoms with van der Waals surface area (Å²) in [6.45, 7) is 0. The molecule has 1 aromatic carbocycles. The van der Waals surface area contributed by atoms with Gasteiger partial charge in [0.1, 0.15) is 17.3 Å². The first kappa shape index (κ1) is 9.89. The third-order valence-electron chi connectivity index (χ3n) is 2.80. The number of hydrogen-bond acceptors (Lipinski definition) is 2. The highest BCUT2D eigenvalue weighted by molar-refractivity contribution is 5.85. The Kier molecular flexibility index (Phi) is 1.95. The summed E-state index contributed by atoms with van der Waals surface area (Å²) in [4.78, 5) is 3.01. The van der Waals surface area contributed by atoms with Crippen LogP contribution < -0.4 is 5.73 Å². The lowest BCUT2D eigenvalue weighted by Crippen LogP contribution is -1.96. The summed E-state index contributed by atoms with van der Waals surface area (Å²) in [6.07, 6.45) is 0. The van der Waals surface area contributed by atoms with E-state index in [4.69, 9.17) is 5.73 Å². The number of benzene rings is 1. The van der Waals surface area contributed by atoms with Crippen molar-refractivity contribution < 1.29 is 4.39 Å². The SMILES string of the molecule is Cn1nc(-c2cc3cccc(F)c3[nH]2)cc1N. The molecule has 0 saturated heterocycles. The van der Waals surface area contributed by atoms with Crippen LogP contribution in [-0.2, 0) is 7.05 Å². The van der Waals surface area contributed by atoms with E-state index in [2.05, 4.69) is 10.1 Å². The standard InChI is InChI=1S/C12H11FN4/c1-17-11(14)6-10(16-17)9-5-7-3-2-4-8(13)12(7)15-9/h2-6,15H,14H2,1H3. The molecule has 0 spiro atoms. The minimum atomic E-state index is -0.266. The monoisotopic (exact) mass is 230 g/mol. The van der Waals surface area contributed by atoms with Crippen molar-refractivity contribution in [3.63, 3.8) is 0 Å². The van der Waals surface area contributed by atoms with Crippen molar-refractivity contribution in [2.75, 3.05) is 5.73 Å². The van der Waals surface area contributed by atoms with Crippen molar-refractivity contribution in [3.8, 4) is 11.4 Å². The van der Waals surface area contributed by atoms with Crippen LogP contribution in [0, 0.1) is 5.82 Å². The number of aromatic nitrogens is 3. The fourth-order valence-electron chi connectivity index (χ4n) is 1.87. The molecular formula is C12H11FN4. The molecule has 4 nitrogen and oxygen atoms in total. The zero-order valence-electron chi connectivity index (χ0n) is 9.24. The van der Waals surface area contributed by atoms with Crippen LogP contribution in [0.1, 0.15) is 0 Å². The number of aromatic amines is 1. The third kappa shape index (κ3) is 1.47. The molecule has 0 aliphatic rings. The zero-order chi connectivity index (χ0) is 12.0. The van der Waals surface area contributed by atoms with E-state index in [0.29, 0.717) is 17.0 Å². The number of nitrogen functional groups attached to an aromatic ring is 1. The van der Waals surface area contributed by atoms with Gasteiger partial charge in [-0.3, -0.25) is 4.68 Å². The average molecular weight is 230 g/mol. The predicted octanol–water partition coefficient (Wildman–Crippen LogP) is 2.29. The Labute approximate surface area is 96.9 Å². The van der Waals surface area contributed by atoms with Gasteiger partial charge in [0.15, 0.2) is 0 Å². The van der Waals surface area contributed by atoms with Gasteiger partial charge in [-0.05, 0) is 12.1 Å². The predicted molar refractivity (Wildman–Crippen MR) is 64.9 cm³/mol. The number of aryl methyl sites for hydroxylation is 1. The largest absolute Gasteiger partial charge is 0.384 e. The van der Waals surface area contributed by atoms with Gasteiger partial charge in [-0.2, -0.15) is 5.10 Å². The average Bonchev–Trinajstić information content (AvgIpc) is 2.85. The van der Waals surface area contributed by atoms with Crippen molar-refractivity contribution in [2.24, 2.45) is 7.05 Å². The molecule has 0 fully saturated rings. The Morgan fingerprint density at radius 2 is 2.18 bits per heavy atom. The number of nitrogens with zero attached hydrogens (tertiary/aromatic N) is 2. The van der Waals surface area contributed by atoms with Crippen LogP contribution >= 0.6 is 0 Å². The van der Waals surface area contributed by atoms with Gasteiger partial charge in [0, 0.05) is 18.5 Å². The number of anilines is 1. The van der Waals surface area contributed by atoms with Crippen molar-refractivity contribution in [3.05, 3.63) is 36.1 Å². The summed E-state index contributed by atoms with van der Waals surface area (Å²) >= 11 is 0. The van der Waals surface area contributed by atoms with Gasteiger partial charge < -0.3 is 10.7 Å². The van der Waals surface area contributed by atoms with Crippen molar-refractivity contribution in [1.29, 1.82) is 0 Å². The van der Waals surface area contributed by atoms with Gasteiger partial charge in [-0.1, -0.05) is 12.1 Å². The lowest BCUT2D eigenvalue weighted by Gasteiger charge is -1.91. The minimum absolute atomic E-state index is 0.266. The molecule has 5 heteroatoms. The number of H-pyrrole nitrogens is 1. The van der Waals surface area contributed by atoms with E-state index in [9.17, 15) is 4.39 Å². The lowest BCUT2D eigenvalue weighted by atomic mass is 10.2. The quantitative estimate of drug-likeness (QED) is 0.673. The Morgan fingerprint density at radius 1 is 1.35 bits per heavy atom. The molecule has 0 atom stereocenters. The Balaban J connectivity index is 2.21. The van der Waals surface area contributed by atoms with E-state index in [1.165, 1.54) is 6.07 Å². The van der Waals surface area contributed by atoms with Crippen LogP contribution in [0.5, 0.6) is 0 Å². The molecular weight excluding hydrogens is 219 g/mol. The van der Waals surface area contributed by atoms with Gasteiger partial charge in [0.2, 0.25) is 0 Å². The zero-order valence-corrected chi connectivity index (χ0v) is 9.24. The molecule has 3 aromatic rings. The first-order valence-electron chi connectivity index (χ1n) is 5.22.